The first-order valence-corrected chi connectivity index (χ1v) is 8.53. The summed E-state index contributed by atoms with van der Waals surface area (Å²) in [6, 6.07) is 4.04. The number of aryl methyl sites for hydroxylation is 1. The molecule has 1 fully saturated rings. The minimum Gasteiger partial charge on any atom is -0.393 e. The maximum Gasteiger partial charge on any atom is 0.220 e. The molecule has 128 valence electrons. The first-order valence-electron chi connectivity index (χ1n) is 8.53. The number of amides is 1. The smallest absolute Gasteiger partial charge is 0.220 e. The van der Waals surface area contributed by atoms with Crippen LogP contribution in [0.25, 0.3) is 0 Å². The van der Waals surface area contributed by atoms with E-state index in [1.807, 2.05) is 22.9 Å². The average Bonchev–Trinajstić information content (AvgIpc) is 3.06. The van der Waals surface area contributed by atoms with Crippen molar-refractivity contribution in [1.29, 1.82) is 0 Å². The van der Waals surface area contributed by atoms with E-state index in [4.69, 9.17) is 0 Å². The highest BCUT2D eigenvalue weighted by Gasteiger charge is 2.34. The Hall–Kier alpha value is -2.21. The van der Waals surface area contributed by atoms with Crippen LogP contribution < -0.4 is 5.32 Å². The van der Waals surface area contributed by atoms with Crippen LogP contribution in [0.2, 0.25) is 0 Å². The minimum absolute atomic E-state index is 0.0792. The van der Waals surface area contributed by atoms with Gasteiger partial charge in [0.15, 0.2) is 0 Å². The maximum atomic E-state index is 12.3. The van der Waals surface area contributed by atoms with E-state index < -0.39 is 0 Å². The molecule has 0 aliphatic heterocycles. The molecule has 24 heavy (non-hydrogen) atoms. The van der Waals surface area contributed by atoms with Gasteiger partial charge in [-0.25, -0.2) is 4.98 Å². The molecule has 3 rings (SSSR count). The van der Waals surface area contributed by atoms with Crippen molar-refractivity contribution in [2.24, 2.45) is 5.92 Å². The summed E-state index contributed by atoms with van der Waals surface area (Å²) in [6.45, 7) is 0.796. The molecule has 1 amide bonds. The van der Waals surface area contributed by atoms with E-state index in [1.165, 1.54) is 0 Å². The SMILES string of the molecule is O=C(CCCn1ccnc1)N[C@H](Cc1ccncc1)C1CC(O)C1. The standard InChI is InChI=1S/C18H24N4O2/c23-16-11-15(12-16)17(10-14-3-5-19-6-4-14)21-18(24)2-1-8-22-9-7-20-13-22/h3-7,9,13,15-17,23H,1-2,8,10-12H2,(H,21,24)/t15?,16?,17-/m1/s1. The summed E-state index contributed by atoms with van der Waals surface area (Å²) < 4.78 is 1.98. The molecular weight excluding hydrogens is 304 g/mol. The summed E-state index contributed by atoms with van der Waals surface area (Å²) >= 11 is 0. The normalized spacial score (nSPS) is 21.0. The van der Waals surface area contributed by atoms with Crippen LogP contribution in [-0.4, -0.2) is 37.7 Å². The lowest BCUT2D eigenvalue weighted by Gasteiger charge is -2.38. The predicted octanol–water partition coefficient (Wildman–Crippen LogP) is 1.56. The van der Waals surface area contributed by atoms with Crippen LogP contribution in [0, 0.1) is 5.92 Å². The molecule has 2 aromatic rings. The molecule has 2 N–H and O–H groups in total. The Morgan fingerprint density at radius 2 is 2.08 bits per heavy atom. The third-order valence-corrected chi connectivity index (χ3v) is 4.65. The molecule has 2 aromatic heterocycles. The minimum atomic E-state index is -0.215. The van der Waals surface area contributed by atoms with Crippen molar-refractivity contribution < 1.29 is 9.90 Å². The molecule has 6 heteroatoms. The van der Waals surface area contributed by atoms with E-state index in [-0.39, 0.29) is 18.1 Å². The molecule has 2 heterocycles. The monoisotopic (exact) mass is 328 g/mol. The molecule has 0 unspecified atom stereocenters. The van der Waals surface area contributed by atoms with E-state index in [0.717, 1.165) is 37.8 Å². The lowest BCUT2D eigenvalue weighted by molar-refractivity contribution is -0.123. The number of rotatable bonds is 8. The van der Waals surface area contributed by atoms with E-state index in [9.17, 15) is 9.90 Å². The fourth-order valence-corrected chi connectivity index (χ4v) is 3.19. The Bertz CT molecular complexity index is 624. The molecular formula is C18H24N4O2. The number of imidazole rings is 1. The van der Waals surface area contributed by atoms with Gasteiger partial charge in [-0.15, -0.1) is 0 Å². The number of pyridine rings is 1. The number of hydrogen-bond acceptors (Lipinski definition) is 4. The zero-order chi connectivity index (χ0) is 16.8. The van der Waals surface area contributed by atoms with Gasteiger partial charge in [0, 0.05) is 43.8 Å². The summed E-state index contributed by atoms with van der Waals surface area (Å²) in [6.07, 6.45) is 12.4. The Morgan fingerprint density at radius 3 is 2.75 bits per heavy atom. The zero-order valence-corrected chi connectivity index (χ0v) is 13.7. The van der Waals surface area contributed by atoms with Crippen LogP contribution in [0.4, 0.5) is 0 Å². The number of nitrogens with zero attached hydrogens (tertiary/aromatic N) is 3. The van der Waals surface area contributed by atoms with Crippen LogP contribution in [0.1, 0.15) is 31.2 Å². The Morgan fingerprint density at radius 1 is 1.29 bits per heavy atom. The van der Waals surface area contributed by atoms with Gasteiger partial charge in [0.05, 0.1) is 12.4 Å². The topological polar surface area (TPSA) is 80.0 Å². The predicted molar refractivity (Wildman–Crippen MR) is 90.1 cm³/mol. The third kappa shape index (κ3) is 4.64. The highest BCUT2D eigenvalue weighted by Crippen LogP contribution is 2.31. The largest absolute Gasteiger partial charge is 0.393 e. The molecule has 1 aliphatic carbocycles. The summed E-state index contributed by atoms with van der Waals surface area (Å²) in [5.41, 5.74) is 1.16. The van der Waals surface area contributed by atoms with Crippen molar-refractivity contribution in [1.82, 2.24) is 19.9 Å². The van der Waals surface area contributed by atoms with Gasteiger partial charge >= 0.3 is 0 Å². The Balaban J connectivity index is 1.50. The lowest BCUT2D eigenvalue weighted by atomic mass is 9.75. The van der Waals surface area contributed by atoms with Crippen LogP contribution in [0.3, 0.4) is 0 Å². The van der Waals surface area contributed by atoms with Crippen molar-refractivity contribution in [3.63, 3.8) is 0 Å². The fourth-order valence-electron chi connectivity index (χ4n) is 3.19. The van der Waals surface area contributed by atoms with Gasteiger partial charge in [0.2, 0.25) is 5.91 Å². The molecule has 0 radical (unpaired) electrons. The Labute approximate surface area is 141 Å². The number of carbonyl (C=O) groups excluding carboxylic acids is 1. The van der Waals surface area contributed by atoms with Crippen molar-refractivity contribution in [3.05, 3.63) is 48.8 Å². The second-order valence-electron chi connectivity index (χ2n) is 6.52. The van der Waals surface area contributed by atoms with Crippen molar-refractivity contribution in [3.8, 4) is 0 Å². The van der Waals surface area contributed by atoms with Gasteiger partial charge in [-0.1, -0.05) is 0 Å². The fraction of sp³-hybridized carbons (Fsp3) is 0.500. The summed E-state index contributed by atoms with van der Waals surface area (Å²) in [5.74, 6) is 0.432. The first-order chi connectivity index (χ1) is 11.7. The van der Waals surface area contributed by atoms with Crippen molar-refractivity contribution in [2.45, 2.75) is 50.8 Å². The average molecular weight is 328 g/mol. The van der Waals surface area contributed by atoms with Crippen LogP contribution in [0.15, 0.2) is 43.2 Å². The quantitative estimate of drug-likeness (QED) is 0.770. The highest BCUT2D eigenvalue weighted by molar-refractivity contribution is 5.76. The Kier molecular flexibility index (Phi) is 5.59. The summed E-state index contributed by atoms with van der Waals surface area (Å²) in [5, 5.41) is 12.8. The van der Waals surface area contributed by atoms with Gasteiger partial charge in [0.1, 0.15) is 0 Å². The van der Waals surface area contributed by atoms with Gasteiger partial charge in [-0.2, -0.15) is 0 Å². The lowest BCUT2D eigenvalue weighted by Crippen LogP contribution is -2.48. The van der Waals surface area contributed by atoms with Crippen LogP contribution >= 0.6 is 0 Å². The number of nitrogens with one attached hydrogen (secondary N) is 1. The summed E-state index contributed by atoms with van der Waals surface area (Å²) in [4.78, 5) is 20.3. The van der Waals surface area contributed by atoms with E-state index in [1.54, 1.807) is 24.9 Å². The molecule has 0 aromatic carbocycles. The third-order valence-electron chi connectivity index (χ3n) is 4.65. The van der Waals surface area contributed by atoms with E-state index in [2.05, 4.69) is 15.3 Å². The number of aromatic nitrogens is 3. The van der Waals surface area contributed by atoms with Gasteiger partial charge in [-0.3, -0.25) is 9.78 Å². The van der Waals surface area contributed by atoms with Gasteiger partial charge < -0.3 is 15.0 Å². The van der Waals surface area contributed by atoms with E-state index >= 15 is 0 Å². The molecule has 1 saturated carbocycles. The molecule has 6 nitrogen and oxygen atoms in total. The molecule has 1 aliphatic rings. The number of hydrogen-bond donors (Lipinski definition) is 2. The van der Waals surface area contributed by atoms with Crippen molar-refractivity contribution >= 4 is 5.91 Å². The first kappa shape index (κ1) is 16.6. The van der Waals surface area contributed by atoms with Crippen LogP contribution in [-0.2, 0) is 17.8 Å². The second-order valence-corrected chi connectivity index (χ2v) is 6.52. The molecule has 0 bridgehead atoms. The number of aliphatic hydroxyl groups excluding tert-OH is 1. The molecule has 0 saturated heterocycles. The molecule has 0 spiro atoms. The van der Waals surface area contributed by atoms with Crippen LogP contribution in [0.5, 0.6) is 0 Å². The highest BCUT2D eigenvalue weighted by atomic mass is 16.3. The van der Waals surface area contributed by atoms with Crippen molar-refractivity contribution in [2.75, 3.05) is 0 Å². The number of aliphatic hydroxyl groups is 1. The van der Waals surface area contributed by atoms with E-state index in [0.29, 0.717) is 12.3 Å². The maximum absolute atomic E-state index is 12.3. The second kappa shape index (κ2) is 8.06. The van der Waals surface area contributed by atoms with Gasteiger partial charge in [-0.05, 0) is 49.3 Å². The summed E-state index contributed by atoms with van der Waals surface area (Å²) in [7, 11) is 0. The van der Waals surface area contributed by atoms with Gasteiger partial charge in [0.25, 0.3) is 0 Å². The number of carbonyl (C=O) groups is 1. The molecule has 1 atom stereocenters. The zero-order valence-electron chi connectivity index (χ0n) is 13.7.